The van der Waals surface area contributed by atoms with E-state index in [0.29, 0.717) is 5.92 Å². The van der Waals surface area contributed by atoms with Crippen molar-refractivity contribution in [3.05, 3.63) is 62.9 Å². The number of anilines is 1. The molecule has 6 heteroatoms. The second kappa shape index (κ2) is 6.89. The number of carbonyl (C=O) groups is 1. The van der Waals surface area contributed by atoms with E-state index in [1.807, 2.05) is 24.3 Å². The van der Waals surface area contributed by atoms with Gasteiger partial charge in [-0.05, 0) is 23.6 Å². The molecule has 6 nitrogen and oxygen atoms in total. The van der Waals surface area contributed by atoms with Gasteiger partial charge in [-0.2, -0.15) is 0 Å². The Morgan fingerprint density at radius 2 is 1.86 bits per heavy atom. The number of carbonyl (C=O) groups excluding carboxylic acids is 1. The van der Waals surface area contributed by atoms with Gasteiger partial charge in [0.05, 0.1) is 0 Å². The lowest BCUT2D eigenvalue weighted by Gasteiger charge is -2.09. The fraction of sp³-hybridized carbons (Fsp3) is 0.312. The zero-order valence-corrected chi connectivity index (χ0v) is 12.6. The van der Waals surface area contributed by atoms with Crippen LogP contribution in [-0.4, -0.2) is 15.5 Å². The zero-order chi connectivity index (χ0) is 16.1. The summed E-state index contributed by atoms with van der Waals surface area (Å²) in [5.41, 5.74) is 0.971. The molecule has 22 heavy (non-hydrogen) atoms. The van der Waals surface area contributed by atoms with Crippen LogP contribution in [0, 0.1) is 0 Å². The summed E-state index contributed by atoms with van der Waals surface area (Å²) in [6.07, 6.45) is 1.53. The third-order valence-electron chi connectivity index (χ3n) is 3.34. The Morgan fingerprint density at radius 1 is 1.18 bits per heavy atom. The second-order valence-corrected chi connectivity index (χ2v) is 5.38. The highest BCUT2D eigenvalue weighted by molar-refractivity contribution is 5.90. The van der Waals surface area contributed by atoms with Crippen LogP contribution in [0.25, 0.3) is 0 Å². The SMILES string of the molecule is CC(C)c1ccc(NC(=O)CCn2ccc(=O)[nH]c2=O)cc1. The van der Waals surface area contributed by atoms with Crippen molar-refractivity contribution in [3.63, 3.8) is 0 Å². The summed E-state index contributed by atoms with van der Waals surface area (Å²) in [6.45, 7) is 4.43. The van der Waals surface area contributed by atoms with Crippen LogP contribution in [0.3, 0.4) is 0 Å². The van der Waals surface area contributed by atoms with Crippen molar-refractivity contribution in [2.45, 2.75) is 32.7 Å². The van der Waals surface area contributed by atoms with E-state index in [1.165, 1.54) is 22.4 Å². The molecule has 116 valence electrons. The maximum Gasteiger partial charge on any atom is 0.328 e. The summed E-state index contributed by atoms with van der Waals surface area (Å²) in [5, 5.41) is 2.78. The van der Waals surface area contributed by atoms with Gasteiger partial charge in [0, 0.05) is 30.9 Å². The minimum atomic E-state index is -0.512. The number of aromatic nitrogens is 2. The molecule has 0 aliphatic heterocycles. The van der Waals surface area contributed by atoms with Gasteiger partial charge in [-0.15, -0.1) is 0 Å². The molecule has 0 saturated heterocycles. The Labute approximate surface area is 127 Å². The monoisotopic (exact) mass is 301 g/mol. The molecule has 1 amide bonds. The Hall–Kier alpha value is -2.63. The molecule has 2 aromatic rings. The Morgan fingerprint density at radius 3 is 2.45 bits per heavy atom. The molecule has 0 aliphatic rings. The number of rotatable bonds is 5. The summed E-state index contributed by atoms with van der Waals surface area (Å²) in [7, 11) is 0. The third-order valence-corrected chi connectivity index (χ3v) is 3.34. The van der Waals surface area contributed by atoms with Gasteiger partial charge in [-0.25, -0.2) is 4.79 Å². The molecule has 0 spiro atoms. The normalized spacial score (nSPS) is 10.7. The summed E-state index contributed by atoms with van der Waals surface area (Å²) < 4.78 is 1.29. The van der Waals surface area contributed by atoms with Crippen LogP contribution in [0.15, 0.2) is 46.1 Å². The molecule has 0 atom stereocenters. The minimum Gasteiger partial charge on any atom is -0.326 e. The Bertz CT molecular complexity index is 757. The lowest BCUT2D eigenvalue weighted by molar-refractivity contribution is -0.116. The van der Waals surface area contributed by atoms with Crippen LogP contribution >= 0.6 is 0 Å². The number of aryl methyl sites for hydroxylation is 1. The number of aromatic amines is 1. The molecule has 0 bridgehead atoms. The molecular weight excluding hydrogens is 282 g/mol. The quantitative estimate of drug-likeness (QED) is 0.881. The lowest BCUT2D eigenvalue weighted by Crippen LogP contribution is -2.29. The van der Waals surface area contributed by atoms with Crippen molar-refractivity contribution in [1.82, 2.24) is 9.55 Å². The van der Waals surface area contributed by atoms with Crippen LogP contribution in [0.1, 0.15) is 31.7 Å². The van der Waals surface area contributed by atoms with E-state index in [9.17, 15) is 14.4 Å². The second-order valence-electron chi connectivity index (χ2n) is 5.38. The number of hydrogen-bond acceptors (Lipinski definition) is 3. The standard InChI is InChI=1S/C16H19N3O3/c1-11(2)12-3-5-13(6-4-12)17-14(20)7-9-19-10-8-15(21)18-16(19)22/h3-6,8,10-11H,7,9H2,1-2H3,(H,17,20)(H,18,21,22). The molecule has 2 N–H and O–H groups in total. The Balaban J connectivity index is 1.92. The largest absolute Gasteiger partial charge is 0.328 e. The van der Waals surface area contributed by atoms with E-state index < -0.39 is 11.2 Å². The first-order valence-corrected chi connectivity index (χ1v) is 7.15. The van der Waals surface area contributed by atoms with Crippen LogP contribution in [-0.2, 0) is 11.3 Å². The first-order chi connectivity index (χ1) is 10.5. The average Bonchev–Trinajstić information content (AvgIpc) is 2.47. The van der Waals surface area contributed by atoms with Crippen LogP contribution in [0.5, 0.6) is 0 Å². The van der Waals surface area contributed by atoms with Gasteiger partial charge in [0.1, 0.15) is 0 Å². The van der Waals surface area contributed by atoms with Crippen molar-refractivity contribution in [1.29, 1.82) is 0 Å². The molecule has 1 heterocycles. The smallest absolute Gasteiger partial charge is 0.326 e. The van der Waals surface area contributed by atoms with Crippen LogP contribution in [0.4, 0.5) is 5.69 Å². The molecule has 0 radical (unpaired) electrons. The lowest BCUT2D eigenvalue weighted by atomic mass is 10.0. The molecule has 2 rings (SSSR count). The zero-order valence-electron chi connectivity index (χ0n) is 12.6. The van der Waals surface area contributed by atoms with E-state index >= 15 is 0 Å². The van der Waals surface area contributed by atoms with Crippen LogP contribution in [0.2, 0.25) is 0 Å². The van der Waals surface area contributed by atoms with Crippen molar-refractivity contribution in [3.8, 4) is 0 Å². The molecule has 0 unspecified atom stereocenters. The van der Waals surface area contributed by atoms with Gasteiger partial charge >= 0.3 is 5.69 Å². The van der Waals surface area contributed by atoms with E-state index in [4.69, 9.17) is 0 Å². The third kappa shape index (κ3) is 4.18. The number of benzene rings is 1. The topological polar surface area (TPSA) is 84.0 Å². The van der Waals surface area contributed by atoms with Gasteiger partial charge in [0.15, 0.2) is 0 Å². The average molecular weight is 301 g/mol. The predicted octanol–water partition coefficient (Wildman–Crippen LogP) is 1.69. The summed E-state index contributed by atoms with van der Waals surface area (Å²) in [5.74, 6) is 0.257. The number of hydrogen-bond donors (Lipinski definition) is 2. The number of nitrogens with zero attached hydrogens (tertiary/aromatic N) is 1. The fourth-order valence-electron chi connectivity index (χ4n) is 2.02. The van der Waals surface area contributed by atoms with E-state index in [1.54, 1.807) is 0 Å². The van der Waals surface area contributed by atoms with Crippen LogP contribution < -0.4 is 16.6 Å². The number of H-pyrrole nitrogens is 1. The molecule has 0 fully saturated rings. The van der Waals surface area contributed by atoms with Gasteiger partial charge in [-0.1, -0.05) is 26.0 Å². The predicted molar refractivity (Wildman–Crippen MR) is 85.1 cm³/mol. The van der Waals surface area contributed by atoms with Gasteiger partial charge in [0.25, 0.3) is 5.56 Å². The first-order valence-electron chi connectivity index (χ1n) is 7.15. The highest BCUT2D eigenvalue weighted by atomic mass is 16.2. The minimum absolute atomic E-state index is 0.151. The van der Waals surface area contributed by atoms with Gasteiger partial charge in [-0.3, -0.25) is 14.6 Å². The fourth-order valence-corrected chi connectivity index (χ4v) is 2.02. The Kier molecular flexibility index (Phi) is 4.93. The summed E-state index contributed by atoms with van der Waals surface area (Å²) >= 11 is 0. The molecule has 1 aromatic heterocycles. The van der Waals surface area contributed by atoms with Crippen molar-refractivity contribution < 1.29 is 4.79 Å². The van der Waals surface area contributed by atoms with Crippen molar-refractivity contribution in [2.75, 3.05) is 5.32 Å². The van der Waals surface area contributed by atoms with Gasteiger partial charge in [0.2, 0.25) is 5.91 Å². The number of nitrogens with one attached hydrogen (secondary N) is 2. The maximum atomic E-state index is 11.9. The van der Waals surface area contributed by atoms with E-state index in [-0.39, 0.29) is 18.9 Å². The van der Waals surface area contributed by atoms with Crippen molar-refractivity contribution in [2.24, 2.45) is 0 Å². The first kappa shape index (κ1) is 15.8. The molecule has 0 saturated carbocycles. The molecule has 0 aliphatic carbocycles. The van der Waals surface area contributed by atoms with Gasteiger partial charge < -0.3 is 9.88 Å². The maximum absolute atomic E-state index is 11.9. The van der Waals surface area contributed by atoms with Crippen molar-refractivity contribution >= 4 is 11.6 Å². The van der Waals surface area contributed by atoms with E-state index in [0.717, 1.165) is 5.69 Å². The van der Waals surface area contributed by atoms with E-state index in [2.05, 4.69) is 24.1 Å². The molecule has 1 aromatic carbocycles. The highest BCUT2D eigenvalue weighted by Crippen LogP contribution is 2.17. The number of amides is 1. The summed E-state index contributed by atoms with van der Waals surface area (Å²) in [4.78, 5) is 36.5. The molecular formula is C16H19N3O3. The summed E-state index contributed by atoms with van der Waals surface area (Å²) in [6, 6.07) is 8.93. The highest BCUT2D eigenvalue weighted by Gasteiger charge is 2.05.